The fourth-order valence-electron chi connectivity index (χ4n) is 2.04. The number of carbonyl (C=O) groups is 1. The Bertz CT molecular complexity index is 862. The predicted molar refractivity (Wildman–Crippen MR) is 78.6 cm³/mol. The van der Waals surface area contributed by atoms with Gasteiger partial charge in [-0.05, 0) is 24.3 Å². The van der Waals surface area contributed by atoms with Crippen LogP contribution in [0.4, 0.5) is 18.9 Å². The van der Waals surface area contributed by atoms with Crippen LogP contribution >= 0.6 is 0 Å². The van der Waals surface area contributed by atoms with E-state index >= 15 is 0 Å². The highest BCUT2D eigenvalue weighted by atomic mass is 19.4. The topological polar surface area (TPSA) is 72.7 Å². The number of aromatic nitrogens is 4. The first kappa shape index (κ1) is 15.7. The van der Waals surface area contributed by atoms with E-state index in [1.165, 1.54) is 41.5 Å². The van der Waals surface area contributed by atoms with Crippen molar-refractivity contribution in [1.29, 1.82) is 0 Å². The molecule has 1 amide bonds. The molecular formula is C15H10F3N5O. The molecule has 3 aromatic rings. The van der Waals surface area contributed by atoms with E-state index in [9.17, 15) is 18.0 Å². The number of carbonyl (C=O) groups excluding carboxylic acids is 1. The lowest BCUT2D eigenvalue weighted by atomic mass is 10.1. The largest absolute Gasteiger partial charge is 0.418 e. The van der Waals surface area contributed by atoms with Crippen LogP contribution in [0.2, 0.25) is 0 Å². The molecule has 9 heteroatoms. The maximum Gasteiger partial charge on any atom is 0.418 e. The average molecular weight is 333 g/mol. The minimum Gasteiger partial charge on any atom is -0.320 e. The standard InChI is InChI=1S/C15H10F3N5O/c16-15(17,18)10-4-1-2-5-11(10)22-14(24)12-6-3-7-13(21-12)23-8-19-20-9-23/h1-9H,(H,22,24). The number of nitrogens with zero attached hydrogens (tertiary/aromatic N) is 4. The van der Waals surface area contributed by atoms with Gasteiger partial charge in [0.2, 0.25) is 0 Å². The van der Waals surface area contributed by atoms with Gasteiger partial charge in [0.05, 0.1) is 11.3 Å². The Kier molecular flexibility index (Phi) is 3.98. The number of hydrogen-bond donors (Lipinski definition) is 1. The third kappa shape index (κ3) is 3.24. The zero-order valence-electron chi connectivity index (χ0n) is 12.0. The monoisotopic (exact) mass is 333 g/mol. The van der Waals surface area contributed by atoms with Gasteiger partial charge in [0.25, 0.3) is 5.91 Å². The first-order valence-corrected chi connectivity index (χ1v) is 6.75. The van der Waals surface area contributed by atoms with Crippen molar-refractivity contribution in [3.05, 3.63) is 66.4 Å². The van der Waals surface area contributed by atoms with Crippen molar-refractivity contribution < 1.29 is 18.0 Å². The fourth-order valence-corrected chi connectivity index (χ4v) is 2.04. The number of para-hydroxylation sites is 1. The van der Waals surface area contributed by atoms with Gasteiger partial charge in [-0.2, -0.15) is 13.2 Å². The number of halogens is 3. The molecule has 3 rings (SSSR count). The highest BCUT2D eigenvalue weighted by Gasteiger charge is 2.33. The van der Waals surface area contributed by atoms with Crippen molar-refractivity contribution in [1.82, 2.24) is 19.7 Å². The molecule has 0 aliphatic carbocycles. The summed E-state index contributed by atoms with van der Waals surface area (Å²) in [5, 5.41) is 9.50. The molecule has 122 valence electrons. The Morgan fingerprint density at radius 3 is 2.42 bits per heavy atom. The summed E-state index contributed by atoms with van der Waals surface area (Å²) < 4.78 is 40.4. The number of hydrogen-bond acceptors (Lipinski definition) is 4. The first-order chi connectivity index (χ1) is 11.4. The van der Waals surface area contributed by atoms with E-state index < -0.39 is 17.6 Å². The number of amides is 1. The number of nitrogens with one attached hydrogen (secondary N) is 1. The Balaban J connectivity index is 1.88. The molecule has 0 fully saturated rings. The second kappa shape index (κ2) is 6.11. The fraction of sp³-hybridized carbons (Fsp3) is 0.0667. The Morgan fingerprint density at radius 1 is 1.00 bits per heavy atom. The van der Waals surface area contributed by atoms with Gasteiger partial charge in [0, 0.05) is 0 Å². The highest BCUT2D eigenvalue weighted by molar-refractivity contribution is 6.03. The Hall–Kier alpha value is -3.23. The third-order valence-corrected chi connectivity index (χ3v) is 3.13. The summed E-state index contributed by atoms with van der Waals surface area (Å²) in [5.41, 5.74) is -1.28. The van der Waals surface area contributed by atoms with Crippen LogP contribution in [0, 0.1) is 0 Å². The number of pyridine rings is 1. The van der Waals surface area contributed by atoms with Crippen molar-refractivity contribution in [2.24, 2.45) is 0 Å². The summed E-state index contributed by atoms with van der Waals surface area (Å²) in [4.78, 5) is 16.3. The molecular weight excluding hydrogens is 323 g/mol. The average Bonchev–Trinajstić information content (AvgIpc) is 3.09. The molecule has 0 saturated heterocycles. The van der Waals surface area contributed by atoms with Crippen molar-refractivity contribution in [3.8, 4) is 5.82 Å². The molecule has 0 spiro atoms. The van der Waals surface area contributed by atoms with Gasteiger partial charge >= 0.3 is 6.18 Å². The van der Waals surface area contributed by atoms with Gasteiger partial charge in [0.1, 0.15) is 24.2 Å². The van der Waals surface area contributed by atoms with Crippen molar-refractivity contribution >= 4 is 11.6 Å². The number of alkyl halides is 3. The smallest absolute Gasteiger partial charge is 0.320 e. The molecule has 1 N–H and O–H groups in total. The second-order valence-corrected chi connectivity index (χ2v) is 4.75. The van der Waals surface area contributed by atoms with Gasteiger partial charge < -0.3 is 5.32 Å². The summed E-state index contributed by atoms with van der Waals surface area (Å²) in [6.45, 7) is 0. The molecule has 0 atom stereocenters. The maximum absolute atomic E-state index is 13.0. The van der Waals surface area contributed by atoms with Crippen LogP contribution in [0.5, 0.6) is 0 Å². The van der Waals surface area contributed by atoms with Crippen LogP contribution in [-0.4, -0.2) is 25.7 Å². The first-order valence-electron chi connectivity index (χ1n) is 6.75. The van der Waals surface area contributed by atoms with Crippen LogP contribution in [0.3, 0.4) is 0 Å². The van der Waals surface area contributed by atoms with E-state index in [0.29, 0.717) is 5.82 Å². The van der Waals surface area contributed by atoms with Gasteiger partial charge in [-0.3, -0.25) is 9.36 Å². The van der Waals surface area contributed by atoms with Crippen LogP contribution in [0.25, 0.3) is 5.82 Å². The lowest BCUT2D eigenvalue weighted by molar-refractivity contribution is -0.136. The maximum atomic E-state index is 13.0. The van der Waals surface area contributed by atoms with Crippen molar-refractivity contribution in [2.75, 3.05) is 5.32 Å². The van der Waals surface area contributed by atoms with Crippen LogP contribution in [0.15, 0.2) is 55.1 Å². The van der Waals surface area contributed by atoms with Crippen LogP contribution in [0.1, 0.15) is 16.1 Å². The molecule has 0 unspecified atom stereocenters. The second-order valence-electron chi connectivity index (χ2n) is 4.75. The van der Waals surface area contributed by atoms with E-state index in [1.807, 2.05) is 0 Å². The molecule has 6 nitrogen and oxygen atoms in total. The molecule has 24 heavy (non-hydrogen) atoms. The summed E-state index contributed by atoms with van der Waals surface area (Å²) in [6.07, 6.45) is -1.78. The van der Waals surface area contributed by atoms with Crippen LogP contribution < -0.4 is 5.32 Å². The van der Waals surface area contributed by atoms with E-state index in [1.54, 1.807) is 12.1 Å². The molecule has 1 aromatic carbocycles. The molecule has 0 aliphatic rings. The number of rotatable bonds is 3. The van der Waals surface area contributed by atoms with Crippen molar-refractivity contribution in [2.45, 2.75) is 6.18 Å². The minimum absolute atomic E-state index is 0.0295. The Morgan fingerprint density at radius 2 is 1.71 bits per heavy atom. The molecule has 0 radical (unpaired) electrons. The molecule has 0 saturated carbocycles. The quantitative estimate of drug-likeness (QED) is 0.800. The third-order valence-electron chi connectivity index (χ3n) is 3.13. The SMILES string of the molecule is O=C(Nc1ccccc1C(F)(F)F)c1cccc(-n2cnnc2)n1. The zero-order chi connectivity index (χ0) is 17.2. The molecule has 2 aromatic heterocycles. The summed E-state index contributed by atoms with van der Waals surface area (Å²) in [7, 11) is 0. The minimum atomic E-state index is -4.57. The van der Waals surface area contributed by atoms with Gasteiger partial charge in [-0.1, -0.05) is 18.2 Å². The van der Waals surface area contributed by atoms with Gasteiger partial charge in [0.15, 0.2) is 0 Å². The lowest BCUT2D eigenvalue weighted by Crippen LogP contribution is -2.18. The number of benzene rings is 1. The summed E-state index contributed by atoms with van der Waals surface area (Å²) >= 11 is 0. The van der Waals surface area contributed by atoms with Crippen LogP contribution in [-0.2, 0) is 6.18 Å². The van der Waals surface area contributed by atoms with Crippen molar-refractivity contribution in [3.63, 3.8) is 0 Å². The number of anilines is 1. The molecule has 0 bridgehead atoms. The predicted octanol–water partition coefficient (Wildman–Crippen LogP) is 2.93. The van der Waals surface area contributed by atoms with Gasteiger partial charge in [-0.25, -0.2) is 4.98 Å². The van der Waals surface area contributed by atoms with Gasteiger partial charge in [-0.15, -0.1) is 10.2 Å². The summed E-state index contributed by atoms with van der Waals surface area (Å²) in [5.74, 6) is -0.376. The summed E-state index contributed by atoms with van der Waals surface area (Å²) in [6, 6.07) is 9.33. The van der Waals surface area contributed by atoms with E-state index in [4.69, 9.17) is 0 Å². The Labute approximate surface area is 134 Å². The lowest BCUT2D eigenvalue weighted by Gasteiger charge is -2.13. The zero-order valence-corrected chi connectivity index (χ0v) is 12.0. The highest BCUT2D eigenvalue weighted by Crippen LogP contribution is 2.34. The van der Waals surface area contributed by atoms with E-state index in [0.717, 1.165) is 6.07 Å². The van der Waals surface area contributed by atoms with E-state index in [-0.39, 0.29) is 11.4 Å². The van der Waals surface area contributed by atoms with E-state index in [2.05, 4.69) is 20.5 Å². The normalized spacial score (nSPS) is 11.3. The molecule has 2 heterocycles. The molecule has 0 aliphatic heterocycles.